The highest BCUT2D eigenvalue weighted by molar-refractivity contribution is 5.98. The van der Waals surface area contributed by atoms with Crippen molar-refractivity contribution in [3.63, 3.8) is 0 Å². The zero-order valence-corrected chi connectivity index (χ0v) is 15.4. The fraction of sp³-hybridized carbons (Fsp3) is 0.400. The van der Waals surface area contributed by atoms with Crippen molar-refractivity contribution in [1.29, 1.82) is 0 Å². The van der Waals surface area contributed by atoms with Gasteiger partial charge in [0.2, 0.25) is 11.8 Å². The Morgan fingerprint density at radius 2 is 1.89 bits per heavy atom. The van der Waals surface area contributed by atoms with Crippen molar-refractivity contribution in [2.75, 3.05) is 11.9 Å². The first-order valence-corrected chi connectivity index (χ1v) is 9.51. The number of para-hydroxylation sites is 2. The molecule has 1 saturated carbocycles. The first-order valence-electron chi connectivity index (χ1n) is 9.51. The highest BCUT2D eigenvalue weighted by atomic mass is 16.4. The molecule has 8 nitrogen and oxygen atoms in total. The minimum absolute atomic E-state index is 0.0542. The van der Waals surface area contributed by atoms with E-state index in [1.54, 1.807) is 24.3 Å². The summed E-state index contributed by atoms with van der Waals surface area (Å²) in [7, 11) is 0. The van der Waals surface area contributed by atoms with Crippen LogP contribution in [0, 0.1) is 5.92 Å². The van der Waals surface area contributed by atoms with Gasteiger partial charge in [-0.15, -0.1) is 0 Å². The molecule has 28 heavy (non-hydrogen) atoms. The SMILES string of the molecule is O=C(O)c1ccn(-c2ccccc2NC(=O)C2CC(=O)N(C3CCCC3)C2)n1. The van der Waals surface area contributed by atoms with Crippen LogP contribution in [0.15, 0.2) is 36.5 Å². The lowest BCUT2D eigenvalue weighted by atomic mass is 10.1. The van der Waals surface area contributed by atoms with Gasteiger partial charge in [-0.25, -0.2) is 9.48 Å². The number of amides is 2. The number of carbonyl (C=O) groups excluding carboxylic acids is 2. The molecule has 2 N–H and O–H groups in total. The number of rotatable bonds is 5. The molecular formula is C20H22N4O4. The summed E-state index contributed by atoms with van der Waals surface area (Å²) in [5.41, 5.74) is 1.02. The minimum Gasteiger partial charge on any atom is -0.476 e. The summed E-state index contributed by atoms with van der Waals surface area (Å²) in [6, 6.07) is 8.73. The number of likely N-dealkylation sites (tertiary alicyclic amines) is 1. The van der Waals surface area contributed by atoms with E-state index in [-0.39, 0.29) is 35.9 Å². The Morgan fingerprint density at radius 1 is 1.14 bits per heavy atom. The van der Waals surface area contributed by atoms with Gasteiger partial charge in [0, 0.05) is 25.2 Å². The number of carbonyl (C=O) groups is 3. The molecule has 1 aliphatic heterocycles. The number of nitrogens with one attached hydrogen (secondary N) is 1. The first kappa shape index (κ1) is 18.2. The number of aromatic nitrogens is 2. The van der Waals surface area contributed by atoms with Gasteiger partial charge in [-0.2, -0.15) is 5.10 Å². The summed E-state index contributed by atoms with van der Waals surface area (Å²) >= 11 is 0. The van der Waals surface area contributed by atoms with Crippen LogP contribution in [-0.2, 0) is 9.59 Å². The molecule has 8 heteroatoms. The van der Waals surface area contributed by atoms with Gasteiger partial charge in [0.05, 0.1) is 17.3 Å². The molecule has 2 amide bonds. The van der Waals surface area contributed by atoms with Crippen LogP contribution in [0.3, 0.4) is 0 Å². The second-order valence-corrected chi connectivity index (χ2v) is 7.34. The third-order valence-corrected chi connectivity index (χ3v) is 5.51. The molecule has 2 aromatic rings. The van der Waals surface area contributed by atoms with Crippen LogP contribution in [0.25, 0.3) is 5.69 Å². The fourth-order valence-electron chi connectivity index (χ4n) is 4.06. The Hall–Kier alpha value is -3.16. The number of hydrogen-bond acceptors (Lipinski definition) is 4. The Bertz CT molecular complexity index is 916. The van der Waals surface area contributed by atoms with E-state index < -0.39 is 5.97 Å². The lowest BCUT2D eigenvalue weighted by Crippen LogP contribution is -2.35. The Labute approximate surface area is 162 Å². The number of hydrogen-bond donors (Lipinski definition) is 2. The average Bonchev–Trinajstić information content (AvgIpc) is 3.42. The van der Waals surface area contributed by atoms with Crippen molar-refractivity contribution in [3.8, 4) is 5.69 Å². The predicted molar refractivity (Wildman–Crippen MR) is 101 cm³/mol. The predicted octanol–water partition coefficient (Wildman–Crippen LogP) is 2.30. The van der Waals surface area contributed by atoms with Gasteiger partial charge in [0.1, 0.15) is 0 Å². The van der Waals surface area contributed by atoms with Crippen LogP contribution in [0.5, 0.6) is 0 Å². The molecule has 1 aliphatic carbocycles. The summed E-state index contributed by atoms with van der Waals surface area (Å²) in [5, 5.41) is 16.0. The van der Waals surface area contributed by atoms with E-state index in [0.29, 0.717) is 17.9 Å². The Morgan fingerprint density at radius 3 is 2.61 bits per heavy atom. The summed E-state index contributed by atoms with van der Waals surface area (Å²) in [6.45, 7) is 0.461. The zero-order valence-electron chi connectivity index (χ0n) is 15.4. The van der Waals surface area contributed by atoms with Crippen LogP contribution in [0.2, 0.25) is 0 Å². The van der Waals surface area contributed by atoms with Crippen LogP contribution in [0.4, 0.5) is 5.69 Å². The average molecular weight is 382 g/mol. The highest BCUT2D eigenvalue weighted by Crippen LogP contribution is 2.30. The summed E-state index contributed by atoms with van der Waals surface area (Å²) in [5.74, 6) is -1.64. The van der Waals surface area contributed by atoms with Crippen LogP contribution in [0.1, 0.15) is 42.6 Å². The minimum atomic E-state index is -1.11. The molecule has 1 atom stereocenters. The molecule has 1 saturated heterocycles. The molecule has 1 unspecified atom stereocenters. The molecule has 1 aromatic carbocycles. The molecular weight excluding hydrogens is 360 g/mol. The molecule has 2 fully saturated rings. The third-order valence-electron chi connectivity index (χ3n) is 5.51. The van der Waals surface area contributed by atoms with Gasteiger partial charge in [0.15, 0.2) is 5.69 Å². The van der Waals surface area contributed by atoms with Gasteiger partial charge in [-0.3, -0.25) is 9.59 Å². The molecule has 2 heterocycles. The lowest BCUT2D eigenvalue weighted by molar-refractivity contribution is -0.129. The number of nitrogens with zero attached hydrogens (tertiary/aromatic N) is 3. The van der Waals surface area contributed by atoms with Crippen molar-refractivity contribution in [2.24, 2.45) is 5.92 Å². The standard InChI is InChI=1S/C20H22N4O4/c25-18-11-13(12-23(18)14-5-1-2-6-14)19(26)21-15-7-3-4-8-17(15)24-10-9-16(22-24)20(27)28/h3-4,7-10,13-14H,1-2,5-6,11-12H2,(H,21,26)(H,27,28). The number of anilines is 1. The van der Waals surface area contributed by atoms with Crippen molar-refractivity contribution < 1.29 is 19.5 Å². The molecule has 0 bridgehead atoms. The maximum Gasteiger partial charge on any atom is 0.356 e. The van der Waals surface area contributed by atoms with Gasteiger partial charge in [-0.05, 0) is 31.0 Å². The smallest absolute Gasteiger partial charge is 0.356 e. The number of aromatic carboxylic acids is 1. The molecule has 1 aromatic heterocycles. The zero-order chi connectivity index (χ0) is 19.7. The topological polar surface area (TPSA) is 105 Å². The van der Waals surface area contributed by atoms with Gasteiger partial charge >= 0.3 is 5.97 Å². The molecule has 4 rings (SSSR count). The van der Waals surface area contributed by atoms with Crippen molar-refractivity contribution in [2.45, 2.75) is 38.1 Å². The quantitative estimate of drug-likeness (QED) is 0.826. The molecule has 146 valence electrons. The number of carboxylic acid groups (broad SMARTS) is 1. The summed E-state index contributed by atoms with van der Waals surface area (Å²) in [6.07, 6.45) is 6.09. The fourth-order valence-corrected chi connectivity index (χ4v) is 4.06. The Balaban J connectivity index is 1.49. The van der Waals surface area contributed by atoms with Crippen molar-refractivity contribution in [1.82, 2.24) is 14.7 Å². The van der Waals surface area contributed by atoms with E-state index in [9.17, 15) is 14.4 Å². The third kappa shape index (κ3) is 3.49. The maximum absolute atomic E-state index is 12.8. The van der Waals surface area contributed by atoms with Crippen LogP contribution >= 0.6 is 0 Å². The van der Waals surface area contributed by atoms with E-state index in [2.05, 4.69) is 10.4 Å². The largest absolute Gasteiger partial charge is 0.476 e. The monoisotopic (exact) mass is 382 g/mol. The maximum atomic E-state index is 12.8. The summed E-state index contributed by atoms with van der Waals surface area (Å²) in [4.78, 5) is 38.1. The second kappa shape index (κ2) is 7.46. The van der Waals surface area contributed by atoms with Gasteiger partial charge < -0.3 is 15.3 Å². The molecule has 0 spiro atoms. The molecule has 0 radical (unpaired) electrons. The number of carboxylic acids is 1. The van der Waals surface area contributed by atoms with Gasteiger partial charge in [-0.1, -0.05) is 25.0 Å². The normalized spacial score (nSPS) is 19.9. The van der Waals surface area contributed by atoms with Gasteiger partial charge in [0.25, 0.3) is 0 Å². The highest BCUT2D eigenvalue weighted by Gasteiger charge is 2.38. The van der Waals surface area contributed by atoms with E-state index in [1.165, 1.54) is 16.9 Å². The van der Waals surface area contributed by atoms with Crippen molar-refractivity contribution >= 4 is 23.5 Å². The first-order chi connectivity index (χ1) is 13.5. The van der Waals surface area contributed by atoms with E-state index in [0.717, 1.165) is 25.7 Å². The van der Waals surface area contributed by atoms with Crippen LogP contribution < -0.4 is 5.32 Å². The van der Waals surface area contributed by atoms with Crippen LogP contribution in [-0.4, -0.2) is 50.2 Å². The van der Waals surface area contributed by atoms with E-state index in [4.69, 9.17) is 5.11 Å². The Kier molecular flexibility index (Phi) is 4.85. The second-order valence-electron chi connectivity index (χ2n) is 7.34. The molecule has 2 aliphatic rings. The van der Waals surface area contributed by atoms with Crippen molar-refractivity contribution in [3.05, 3.63) is 42.2 Å². The number of benzene rings is 1. The lowest BCUT2D eigenvalue weighted by Gasteiger charge is -2.24. The van der Waals surface area contributed by atoms with E-state index in [1.807, 2.05) is 4.90 Å². The summed E-state index contributed by atoms with van der Waals surface area (Å²) < 4.78 is 1.42. The van der Waals surface area contributed by atoms with E-state index >= 15 is 0 Å².